The molecule has 0 aromatic rings. The van der Waals surface area contributed by atoms with Crippen molar-refractivity contribution >= 4 is 5.91 Å². The maximum absolute atomic E-state index is 11.4. The Morgan fingerprint density at radius 2 is 1.67 bits per heavy atom. The molecule has 2 heteroatoms. The number of rotatable bonds is 2. The summed E-state index contributed by atoms with van der Waals surface area (Å²) in [5.41, 5.74) is 0.0519. The van der Waals surface area contributed by atoms with Crippen LogP contribution in [0.5, 0.6) is 0 Å². The van der Waals surface area contributed by atoms with Gasteiger partial charge in [-0.2, -0.15) is 0 Å². The number of amides is 1. The van der Waals surface area contributed by atoms with Gasteiger partial charge < -0.3 is 5.32 Å². The second kappa shape index (κ2) is 5.21. The van der Waals surface area contributed by atoms with Crippen molar-refractivity contribution in [2.75, 3.05) is 6.54 Å². The van der Waals surface area contributed by atoms with Gasteiger partial charge >= 0.3 is 0 Å². The third kappa shape index (κ3) is 11.0. The van der Waals surface area contributed by atoms with Crippen molar-refractivity contribution in [3.63, 3.8) is 0 Å². The van der Waals surface area contributed by atoms with E-state index in [1.165, 1.54) is 0 Å². The Bertz CT molecular complexity index is 268. The Balaban J connectivity index is 3.87. The van der Waals surface area contributed by atoms with Crippen LogP contribution in [0.1, 0.15) is 48.0 Å². The average Bonchev–Trinajstić information content (AvgIpc) is 1.92. The van der Waals surface area contributed by atoms with E-state index in [9.17, 15) is 4.79 Å². The zero-order valence-corrected chi connectivity index (χ0v) is 10.8. The minimum absolute atomic E-state index is 0.00869. The van der Waals surface area contributed by atoms with Gasteiger partial charge in [-0.05, 0) is 26.2 Å². The van der Waals surface area contributed by atoms with Gasteiger partial charge in [0.1, 0.15) is 0 Å². The summed E-state index contributed by atoms with van der Waals surface area (Å²) in [6, 6.07) is 0. The van der Waals surface area contributed by atoms with Gasteiger partial charge in [-0.3, -0.25) is 4.79 Å². The molecule has 2 nitrogen and oxygen atoms in total. The lowest BCUT2D eigenvalue weighted by molar-refractivity contribution is -0.122. The molecule has 0 saturated carbocycles. The highest BCUT2D eigenvalue weighted by molar-refractivity contribution is 5.76. The summed E-state index contributed by atoms with van der Waals surface area (Å²) >= 11 is 0. The van der Waals surface area contributed by atoms with Crippen LogP contribution in [-0.2, 0) is 4.79 Å². The minimum atomic E-state index is 0.00869. The fourth-order valence-corrected chi connectivity index (χ4v) is 0.996. The predicted octanol–water partition coefficient (Wildman–Crippen LogP) is 2.59. The predicted molar refractivity (Wildman–Crippen MR) is 64.3 cm³/mol. The van der Waals surface area contributed by atoms with E-state index < -0.39 is 0 Å². The Hall–Kier alpha value is -0.970. The van der Waals surface area contributed by atoms with Crippen LogP contribution in [0.15, 0.2) is 0 Å². The van der Waals surface area contributed by atoms with E-state index in [1.807, 2.05) is 20.8 Å². The Morgan fingerprint density at radius 1 is 1.13 bits per heavy atom. The number of hydrogen-bond donors (Lipinski definition) is 1. The zero-order chi connectivity index (χ0) is 12.1. The Morgan fingerprint density at radius 3 is 2.07 bits per heavy atom. The average molecular weight is 209 g/mol. The van der Waals surface area contributed by atoms with Crippen LogP contribution in [0.2, 0.25) is 0 Å². The highest BCUT2D eigenvalue weighted by Gasteiger charge is 2.14. The molecule has 0 bridgehead atoms. The highest BCUT2D eigenvalue weighted by Crippen LogP contribution is 2.17. The molecule has 0 saturated heterocycles. The molecule has 0 aromatic heterocycles. The molecule has 0 aliphatic carbocycles. The standard InChI is InChI=1S/C13H23NO/c1-12(2,3)8-7-9-14-11(15)10-13(4,5)6/h9-10H2,1-6H3,(H,14,15). The third-order valence-corrected chi connectivity index (χ3v) is 1.53. The van der Waals surface area contributed by atoms with Crippen molar-refractivity contribution in [1.82, 2.24) is 5.32 Å². The molecule has 1 amide bonds. The monoisotopic (exact) mass is 209 g/mol. The van der Waals surface area contributed by atoms with Gasteiger partial charge in [0.15, 0.2) is 0 Å². The molecule has 0 radical (unpaired) electrons. The second-order valence-electron chi connectivity index (χ2n) is 6.07. The van der Waals surface area contributed by atoms with Gasteiger partial charge in [0.2, 0.25) is 5.91 Å². The van der Waals surface area contributed by atoms with E-state index >= 15 is 0 Å². The first kappa shape index (κ1) is 14.0. The normalized spacial score (nSPS) is 11.6. The van der Waals surface area contributed by atoms with Crippen molar-refractivity contribution in [2.24, 2.45) is 10.8 Å². The van der Waals surface area contributed by atoms with E-state index in [1.54, 1.807) is 0 Å². The van der Waals surface area contributed by atoms with Crippen LogP contribution in [0.25, 0.3) is 0 Å². The maximum atomic E-state index is 11.4. The van der Waals surface area contributed by atoms with Gasteiger partial charge in [-0.25, -0.2) is 0 Å². The van der Waals surface area contributed by atoms with Crippen molar-refractivity contribution in [1.29, 1.82) is 0 Å². The first-order valence-corrected chi connectivity index (χ1v) is 5.37. The molecular weight excluding hydrogens is 186 g/mol. The van der Waals surface area contributed by atoms with Gasteiger partial charge in [0, 0.05) is 11.8 Å². The molecule has 0 heterocycles. The topological polar surface area (TPSA) is 29.1 Å². The summed E-state index contributed by atoms with van der Waals surface area (Å²) in [6.45, 7) is 12.8. The summed E-state index contributed by atoms with van der Waals surface area (Å²) in [5, 5.41) is 2.80. The van der Waals surface area contributed by atoms with Crippen LogP contribution >= 0.6 is 0 Å². The lowest BCUT2D eigenvalue weighted by Crippen LogP contribution is -2.27. The summed E-state index contributed by atoms with van der Waals surface area (Å²) in [6.07, 6.45) is 0.546. The number of carbonyl (C=O) groups is 1. The fraction of sp³-hybridized carbons (Fsp3) is 0.769. The van der Waals surface area contributed by atoms with E-state index in [4.69, 9.17) is 0 Å². The Kier molecular flexibility index (Phi) is 4.87. The molecule has 0 atom stereocenters. The van der Waals surface area contributed by atoms with Crippen molar-refractivity contribution in [2.45, 2.75) is 48.0 Å². The van der Waals surface area contributed by atoms with Crippen molar-refractivity contribution < 1.29 is 4.79 Å². The van der Waals surface area contributed by atoms with Gasteiger partial charge in [0.25, 0.3) is 0 Å². The smallest absolute Gasteiger partial charge is 0.221 e. The van der Waals surface area contributed by atoms with Gasteiger partial charge in [-0.1, -0.05) is 32.6 Å². The molecule has 0 aromatic carbocycles. The summed E-state index contributed by atoms with van der Waals surface area (Å²) in [5.74, 6) is 6.11. The van der Waals surface area contributed by atoms with Crippen LogP contribution in [-0.4, -0.2) is 12.5 Å². The zero-order valence-electron chi connectivity index (χ0n) is 10.8. The lowest BCUT2D eigenvalue weighted by Gasteiger charge is -2.16. The van der Waals surface area contributed by atoms with Crippen LogP contribution in [0.3, 0.4) is 0 Å². The SMILES string of the molecule is CC(C)(C)C#CCNC(=O)CC(C)(C)C. The molecule has 0 rings (SSSR count). The summed E-state index contributed by atoms with van der Waals surface area (Å²) in [7, 11) is 0. The fourth-order valence-electron chi connectivity index (χ4n) is 0.996. The van der Waals surface area contributed by atoms with Gasteiger partial charge in [-0.15, -0.1) is 0 Å². The molecule has 0 aliphatic rings. The minimum Gasteiger partial charge on any atom is -0.345 e. The van der Waals surface area contributed by atoms with Crippen LogP contribution < -0.4 is 5.32 Å². The summed E-state index contributed by atoms with van der Waals surface area (Å²) in [4.78, 5) is 11.4. The maximum Gasteiger partial charge on any atom is 0.221 e. The Labute approximate surface area is 93.8 Å². The highest BCUT2D eigenvalue weighted by atomic mass is 16.1. The molecule has 0 spiro atoms. The number of carbonyl (C=O) groups excluding carboxylic acids is 1. The van der Waals surface area contributed by atoms with Crippen LogP contribution in [0, 0.1) is 22.7 Å². The quantitative estimate of drug-likeness (QED) is 0.696. The molecular formula is C13H23NO. The molecule has 0 fully saturated rings. The molecule has 86 valence electrons. The third-order valence-electron chi connectivity index (χ3n) is 1.53. The van der Waals surface area contributed by atoms with Crippen molar-refractivity contribution in [3.8, 4) is 11.8 Å². The summed E-state index contributed by atoms with van der Waals surface area (Å²) < 4.78 is 0. The molecule has 1 N–H and O–H groups in total. The second-order valence-corrected chi connectivity index (χ2v) is 6.07. The van der Waals surface area contributed by atoms with Crippen LogP contribution in [0.4, 0.5) is 0 Å². The largest absolute Gasteiger partial charge is 0.345 e. The van der Waals surface area contributed by atoms with E-state index in [2.05, 4.69) is 37.9 Å². The van der Waals surface area contributed by atoms with Crippen molar-refractivity contribution in [3.05, 3.63) is 0 Å². The molecule has 0 unspecified atom stereocenters. The van der Waals surface area contributed by atoms with E-state index in [0.717, 1.165) is 0 Å². The first-order chi connectivity index (χ1) is 6.60. The lowest BCUT2D eigenvalue weighted by atomic mass is 9.92. The van der Waals surface area contributed by atoms with E-state index in [-0.39, 0.29) is 16.7 Å². The first-order valence-electron chi connectivity index (χ1n) is 5.37. The van der Waals surface area contributed by atoms with E-state index in [0.29, 0.717) is 13.0 Å². The number of nitrogens with one attached hydrogen (secondary N) is 1. The van der Waals surface area contributed by atoms with Gasteiger partial charge in [0.05, 0.1) is 6.54 Å². The molecule has 0 aliphatic heterocycles. The molecule has 15 heavy (non-hydrogen) atoms. The number of hydrogen-bond acceptors (Lipinski definition) is 1.